The maximum atomic E-state index is 12.1. The van der Waals surface area contributed by atoms with Crippen molar-refractivity contribution in [3.63, 3.8) is 0 Å². The van der Waals surface area contributed by atoms with E-state index in [1.165, 1.54) is 23.1 Å². The van der Waals surface area contributed by atoms with Crippen molar-refractivity contribution in [3.05, 3.63) is 23.2 Å². The Morgan fingerprint density at radius 3 is 2.92 bits per heavy atom. The standard InChI is InChI=1S/C15H17ClN4OS3/c1-19-4-6-20(7-5-19)15(22)23-9-13(21)18-14-17-11-3-2-10(16)8-12(11)24-14/h2-3,8H,4-7,9H2,1H3,(H,17,18,21). The Morgan fingerprint density at radius 1 is 1.42 bits per heavy atom. The summed E-state index contributed by atoms with van der Waals surface area (Å²) in [6.45, 7) is 3.84. The lowest BCUT2D eigenvalue weighted by molar-refractivity contribution is -0.113. The molecule has 1 saturated heterocycles. The summed E-state index contributed by atoms with van der Waals surface area (Å²) >= 11 is 14.2. The van der Waals surface area contributed by atoms with Crippen LogP contribution in [0.4, 0.5) is 5.13 Å². The van der Waals surface area contributed by atoms with Crippen LogP contribution in [0.15, 0.2) is 18.2 Å². The van der Waals surface area contributed by atoms with Gasteiger partial charge in [-0.1, -0.05) is 46.9 Å². The number of nitrogens with one attached hydrogen (secondary N) is 1. The van der Waals surface area contributed by atoms with Gasteiger partial charge in [0.25, 0.3) is 0 Å². The summed E-state index contributed by atoms with van der Waals surface area (Å²) in [6.07, 6.45) is 0. The molecule has 2 aromatic rings. The number of fused-ring (bicyclic) bond motifs is 1. The van der Waals surface area contributed by atoms with E-state index >= 15 is 0 Å². The lowest BCUT2D eigenvalue weighted by atomic mass is 10.3. The van der Waals surface area contributed by atoms with E-state index in [2.05, 4.69) is 27.1 Å². The molecule has 1 aromatic carbocycles. The number of thiazole rings is 1. The molecule has 1 amide bonds. The van der Waals surface area contributed by atoms with Crippen LogP contribution in [0.1, 0.15) is 0 Å². The Morgan fingerprint density at radius 2 is 2.17 bits per heavy atom. The topological polar surface area (TPSA) is 48.5 Å². The fraction of sp³-hybridized carbons (Fsp3) is 0.400. The molecule has 0 saturated carbocycles. The van der Waals surface area contributed by atoms with Crippen LogP contribution in [0, 0.1) is 0 Å². The van der Waals surface area contributed by atoms with E-state index in [1.807, 2.05) is 12.1 Å². The maximum absolute atomic E-state index is 12.1. The molecule has 5 nitrogen and oxygen atoms in total. The predicted molar refractivity (Wildman–Crippen MR) is 107 cm³/mol. The van der Waals surface area contributed by atoms with E-state index in [0.29, 0.717) is 15.9 Å². The highest BCUT2D eigenvalue weighted by Gasteiger charge is 2.17. The van der Waals surface area contributed by atoms with Gasteiger partial charge in [0, 0.05) is 31.2 Å². The van der Waals surface area contributed by atoms with Crippen molar-refractivity contribution in [2.24, 2.45) is 0 Å². The van der Waals surface area contributed by atoms with Gasteiger partial charge in [-0.25, -0.2) is 4.98 Å². The number of rotatable bonds is 3. The number of carbonyl (C=O) groups is 1. The van der Waals surface area contributed by atoms with Gasteiger partial charge in [0.05, 0.1) is 16.0 Å². The van der Waals surface area contributed by atoms with E-state index in [4.69, 9.17) is 23.8 Å². The normalized spacial score (nSPS) is 15.7. The van der Waals surface area contributed by atoms with Gasteiger partial charge in [-0.05, 0) is 25.2 Å². The highest BCUT2D eigenvalue weighted by molar-refractivity contribution is 8.23. The molecule has 128 valence electrons. The third-order valence-corrected chi connectivity index (χ3v) is 6.38. The van der Waals surface area contributed by atoms with Crippen molar-refractivity contribution in [1.29, 1.82) is 0 Å². The second-order valence-corrected chi connectivity index (χ2v) is 8.60. The number of benzene rings is 1. The quantitative estimate of drug-likeness (QED) is 0.798. The minimum absolute atomic E-state index is 0.0957. The number of piperazine rings is 1. The molecule has 0 bridgehead atoms. The molecule has 0 aliphatic carbocycles. The Hall–Kier alpha value is -0.930. The van der Waals surface area contributed by atoms with E-state index in [-0.39, 0.29) is 5.91 Å². The average Bonchev–Trinajstić information content (AvgIpc) is 2.94. The minimum atomic E-state index is -0.0957. The molecule has 1 N–H and O–H groups in total. The second-order valence-electron chi connectivity index (χ2n) is 5.52. The highest BCUT2D eigenvalue weighted by atomic mass is 35.5. The van der Waals surface area contributed by atoms with E-state index in [0.717, 1.165) is 40.7 Å². The molecule has 24 heavy (non-hydrogen) atoms. The minimum Gasteiger partial charge on any atom is -0.355 e. The van der Waals surface area contributed by atoms with Gasteiger partial charge in [-0.3, -0.25) is 4.79 Å². The fourth-order valence-corrected chi connectivity index (χ4v) is 4.52. The first-order valence-electron chi connectivity index (χ1n) is 7.47. The molecule has 1 aliphatic rings. The molecule has 1 aromatic heterocycles. The van der Waals surface area contributed by atoms with Crippen LogP contribution in [-0.2, 0) is 4.79 Å². The zero-order valence-electron chi connectivity index (χ0n) is 13.1. The zero-order valence-corrected chi connectivity index (χ0v) is 16.3. The second kappa shape index (κ2) is 7.97. The van der Waals surface area contributed by atoms with Gasteiger partial charge < -0.3 is 15.1 Å². The number of thiocarbonyl (C=S) groups is 1. The summed E-state index contributed by atoms with van der Waals surface area (Å²) in [6, 6.07) is 5.49. The van der Waals surface area contributed by atoms with Crippen LogP contribution in [-0.4, -0.2) is 64.0 Å². The Bertz CT molecular complexity index is 758. The Kier molecular flexibility index (Phi) is 5.93. The summed E-state index contributed by atoms with van der Waals surface area (Å²) in [7, 11) is 2.10. The first-order chi connectivity index (χ1) is 11.5. The van der Waals surface area contributed by atoms with E-state index < -0.39 is 0 Å². The molecule has 1 fully saturated rings. The van der Waals surface area contributed by atoms with Crippen LogP contribution in [0.5, 0.6) is 0 Å². The van der Waals surface area contributed by atoms with E-state index in [9.17, 15) is 4.79 Å². The molecular weight excluding hydrogens is 384 g/mol. The fourth-order valence-electron chi connectivity index (χ4n) is 2.31. The first kappa shape index (κ1) is 17.9. The third-order valence-electron chi connectivity index (χ3n) is 3.69. The third kappa shape index (κ3) is 4.58. The molecule has 0 unspecified atom stereocenters. The van der Waals surface area contributed by atoms with E-state index in [1.54, 1.807) is 6.07 Å². The monoisotopic (exact) mass is 400 g/mol. The molecule has 0 spiro atoms. The molecule has 1 aliphatic heterocycles. The number of thioether (sulfide) groups is 1. The van der Waals surface area contributed by atoms with Gasteiger partial charge in [0.1, 0.15) is 4.32 Å². The van der Waals surface area contributed by atoms with Gasteiger partial charge >= 0.3 is 0 Å². The average molecular weight is 401 g/mol. The lowest BCUT2D eigenvalue weighted by Crippen LogP contribution is -2.46. The van der Waals surface area contributed by atoms with Crippen LogP contribution in [0.25, 0.3) is 10.2 Å². The van der Waals surface area contributed by atoms with Crippen molar-refractivity contribution in [2.75, 3.05) is 44.3 Å². The van der Waals surface area contributed by atoms with Gasteiger partial charge in [-0.15, -0.1) is 0 Å². The number of nitrogens with zero attached hydrogens (tertiary/aromatic N) is 3. The number of anilines is 1. The number of carbonyl (C=O) groups excluding carboxylic acids is 1. The summed E-state index contributed by atoms with van der Waals surface area (Å²) in [5.74, 6) is 0.198. The zero-order chi connectivity index (χ0) is 17.1. The summed E-state index contributed by atoms with van der Waals surface area (Å²) in [5, 5.41) is 4.08. The van der Waals surface area contributed by atoms with Crippen LogP contribution in [0.2, 0.25) is 5.02 Å². The maximum Gasteiger partial charge on any atom is 0.236 e. The summed E-state index contributed by atoms with van der Waals surface area (Å²) in [5.41, 5.74) is 0.834. The number of halogens is 1. The number of aromatic nitrogens is 1. The molecule has 0 atom stereocenters. The smallest absolute Gasteiger partial charge is 0.236 e. The van der Waals surface area contributed by atoms with Crippen LogP contribution in [0.3, 0.4) is 0 Å². The van der Waals surface area contributed by atoms with Crippen molar-refractivity contribution in [3.8, 4) is 0 Å². The molecule has 9 heteroatoms. The molecular formula is C15H17ClN4OS3. The summed E-state index contributed by atoms with van der Waals surface area (Å²) < 4.78 is 1.74. The SMILES string of the molecule is CN1CCN(C(=S)SCC(=O)Nc2nc3ccc(Cl)cc3s2)CC1. The Balaban J connectivity index is 1.50. The van der Waals surface area contributed by atoms with Gasteiger partial charge in [-0.2, -0.15) is 0 Å². The molecule has 0 radical (unpaired) electrons. The van der Waals surface area contributed by atoms with Crippen molar-refractivity contribution < 1.29 is 4.79 Å². The number of amides is 1. The highest BCUT2D eigenvalue weighted by Crippen LogP contribution is 2.28. The predicted octanol–water partition coefficient (Wildman–Crippen LogP) is 3.15. The largest absolute Gasteiger partial charge is 0.355 e. The van der Waals surface area contributed by atoms with Crippen molar-refractivity contribution in [2.45, 2.75) is 0 Å². The van der Waals surface area contributed by atoms with Gasteiger partial charge in [0.15, 0.2) is 5.13 Å². The molecule has 2 heterocycles. The molecule has 3 rings (SSSR count). The van der Waals surface area contributed by atoms with Crippen molar-refractivity contribution in [1.82, 2.24) is 14.8 Å². The first-order valence-corrected chi connectivity index (χ1v) is 10.1. The number of hydrogen-bond acceptors (Lipinski definition) is 6. The Labute approximate surface area is 159 Å². The van der Waals surface area contributed by atoms with Crippen LogP contribution >= 0.6 is 46.9 Å². The van der Waals surface area contributed by atoms with Gasteiger partial charge in [0.2, 0.25) is 5.91 Å². The lowest BCUT2D eigenvalue weighted by Gasteiger charge is -2.33. The van der Waals surface area contributed by atoms with Crippen molar-refractivity contribution >= 4 is 72.5 Å². The number of hydrogen-bond donors (Lipinski definition) is 1. The summed E-state index contributed by atoms with van der Waals surface area (Å²) in [4.78, 5) is 20.9. The van der Waals surface area contributed by atoms with Crippen LogP contribution < -0.4 is 5.32 Å². The number of likely N-dealkylation sites (N-methyl/N-ethyl adjacent to an activating group) is 1.